The lowest BCUT2D eigenvalue weighted by Gasteiger charge is -2.18. The van der Waals surface area contributed by atoms with Gasteiger partial charge in [-0.2, -0.15) is 0 Å². The minimum absolute atomic E-state index is 0.0600. The van der Waals surface area contributed by atoms with Crippen molar-refractivity contribution in [1.29, 1.82) is 0 Å². The molecule has 0 aliphatic rings. The maximum absolute atomic E-state index is 11.7. The first-order valence-corrected chi connectivity index (χ1v) is 6.50. The summed E-state index contributed by atoms with van der Waals surface area (Å²) in [6, 6.07) is 6.26. The number of ether oxygens (including phenoxy) is 1. The third-order valence-corrected chi connectivity index (χ3v) is 3.10. The fourth-order valence-electron chi connectivity index (χ4n) is 1.92. The Morgan fingerprint density at radius 1 is 1.22 bits per heavy atom. The molecule has 1 aromatic carbocycles. The van der Waals surface area contributed by atoms with E-state index in [1.807, 2.05) is 13.8 Å². The predicted molar refractivity (Wildman–Crippen MR) is 73.5 cm³/mol. The Hall–Kier alpha value is -1.35. The molecule has 0 atom stereocenters. The molecule has 1 aromatic rings. The van der Waals surface area contributed by atoms with Gasteiger partial charge >= 0.3 is 0 Å². The summed E-state index contributed by atoms with van der Waals surface area (Å²) in [6.07, 6.45) is 0. The molecule has 0 N–H and O–H groups in total. The highest BCUT2D eigenvalue weighted by molar-refractivity contribution is 5.77. The smallest absolute Gasteiger partial charge is 0.248 e. The third kappa shape index (κ3) is 4.15. The molecule has 0 fully saturated rings. The van der Waals surface area contributed by atoms with E-state index in [0.717, 1.165) is 18.7 Å². The van der Waals surface area contributed by atoms with E-state index in [2.05, 4.69) is 32.0 Å². The largest absolute Gasteiger partial charge is 0.367 e. The van der Waals surface area contributed by atoms with Gasteiger partial charge in [-0.1, -0.05) is 23.8 Å². The number of carbonyl (C=O) groups excluding carboxylic acids is 1. The molecule has 0 saturated heterocycles. The first-order valence-electron chi connectivity index (χ1n) is 6.50. The van der Waals surface area contributed by atoms with Crippen LogP contribution in [0.4, 0.5) is 0 Å². The number of nitrogens with zero attached hydrogens (tertiary/aromatic N) is 1. The quantitative estimate of drug-likeness (QED) is 0.775. The van der Waals surface area contributed by atoms with Crippen molar-refractivity contribution < 1.29 is 9.53 Å². The van der Waals surface area contributed by atoms with Crippen LogP contribution in [0.15, 0.2) is 18.2 Å². The van der Waals surface area contributed by atoms with Crippen molar-refractivity contribution in [2.75, 3.05) is 19.7 Å². The Balaban J connectivity index is 2.44. The molecule has 0 aliphatic heterocycles. The molecule has 100 valence electrons. The van der Waals surface area contributed by atoms with E-state index >= 15 is 0 Å². The van der Waals surface area contributed by atoms with Crippen molar-refractivity contribution in [3.05, 3.63) is 34.9 Å². The lowest BCUT2D eigenvalue weighted by molar-refractivity contribution is -0.136. The van der Waals surface area contributed by atoms with Crippen molar-refractivity contribution >= 4 is 5.91 Å². The number of carbonyl (C=O) groups is 1. The third-order valence-electron chi connectivity index (χ3n) is 3.10. The van der Waals surface area contributed by atoms with E-state index < -0.39 is 0 Å². The highest BCUT2D eigenvalue weighted by atomic mass is 16.5. The highest BCUT2D eigenvalue weighted by Gasteiger charge is 2.09. The van der Waals surface area contributed by atoms with Crippen LogP contribution in [0.5, 0.6) is 0 Å². The zero-order chi connectivity index (χ0) is 13.5. The first-order chi connectivity index (χ1) is 8.58. The Bertz CT molecular complexity index is 397. The van der Waals surface area contributed by atoms with Crippen LogP contribution >= 0.6 is 0 Å². The molecular weight excluding hydrogens is 226 g/mol. The number of likely N-dealkylation sites (N-methyl/N-ethyl adjacent to an activating group) is 1. The molecule has 1 amide bonds. The summed E-state index contributed by atoms with van der Waals surface area (Å²) in [5.41, 5.74) is 3.61. The Kier molecular flexibility index (Phi) is 5.86. The molecule has 0 saturated carbocycles. The minimum atomic E-state index is 0.0600. The first kappa shape index (κ1) is 14.7. The number of amides is 1. The van der Waals surface area contributed by atoms with Crippen molar-refractivity contribution in [3.8, 4) is 0 Å². The zero-order valence-corrected chi connectivity index (χ0v) is 11.8. The minimum Gasteiger partial charge on any atom is -0.367 e. The monoisotopic (exact) mass is 249 g/mol. The molecule has 3 nitrogen and oxygen atoms in total. The fraction of sp³-hybridized carbons (Fsp3) is 0.533. The Morgan fingerprint density at radius 3 is 2.44 bits per heavy atom. The van der Waals surface area contributed by atoms with Gasteiger partial charge in [-0.25, -0.2) is 0 Å². The van der Waals surface area contributed by atoms with Crippen LogP contribution in [0.25, 0.3) is 0 Å². The summed E-state index contributed by atoms with van der Waals surface area (Å²) in [4.78, 5) is 13.5. The maximum Gasteiger partial charge on any atom is 0.248 e. The second-order valence-corrected chi connectivity index (χ2v) is 4.49. The van der Waals surface area contributed by atoms with Gasteiger partial charge in [0.15, 0.2) is 0 Å². The van der Waals surface area contributed by atoms with Crippen LogP contribution in [0.3, 0.4) is 0 Å². The SMILES string of the molecule is CCN(CC)C(=O)COCc1ccc(C)cc1C. The van der Waals surface area contributed by atoms with Crippen LogP contribution in [-0.4, -0.2) is 30.5 Å². The van der Waals surface area contributed by atoms with Crippen LogP contribution in [0.1, 0.15) is 30.5 Å². The summed E-state index contributed by atoms with van der Waals surface area (Å²) in [5.74, 6) is 0.0600. The molecule has 0 aliphatic carbocycles. The maximum atomic E-state index is 11.7. The van der Waals surface area contributed by atoms with E-state index in [0.29, 0.717) is 6.61 Å². The van der Waals surface area contributed by atoms with Crippen molar-refractivity contribution in [2.24, 2.45) is 0 Å². The van der Waals surface area contributed by atoms with E-state index in [1.165, 1.54) is 11.1 Å². The molecule has 0 aromatic heterocycles. The molecule has 1 rings (SSSR count). The summed E-state index contributed by atoms with van der Waals surface area (Å²) in [7, 11) is 0. The van der Waals surface area contributed by atoms with Crippen LogP contribution < -0.4 is 0 Å². The van der Waals surface area contributed by atoms with Gasteiger partial charge in [-0.3, -0.25) is 4.79 Å². The number of hydrogen-bond acceptors (Lipinski definition) is 2. The van der Waals surface area contributed by atoms with Crippen LogP contribution in [0.2, 0.25) is 0 Å². The number of rotatable bonds is 6. The van der Waals surface area contributed by atoms with Gasteiger partial charge in [0.25, 0.3) is 0 Å². The summed E-state index contributed by atoms with van der Waals surface area (Å²) in [6.45, 7) is 10.2. The highest BCUT2D eigenvalue weighted by Crippen LogP contribution is 2.11. The van der Waals surface area contributed by atoms with Gasteiger partial charge in [-0.15, -0.1) is 0 Å². The van der Waals surface area contributed by atoms with Crippen molar-refractivity contribution in [1.82, 2.24) is 4.90 Å². The van der Waals surface area contributed by atoms with E-state index in [1.54, 1.807) is 4.90 Å². The van der Waals surface area contributed by atoms with Crippen molar-refractivity contribution in [3.63, 3.8) is 0 Å². The molecule has 0 heterocycles. The molecule has 3 heteroatoms. The molecule has 0 bridgehead atoms. The second-order valence-electron chi connectivity index (χ2n) is 4.49. The Morgan fingerprint density at radius 2 is 1.89 bits per heavy atom. The van der Waals surface area contributed by atoms with E-state index in [4.69, 9.17) is 4.74 Å². The fourth-order valence-corrected chi connectivity index (χ4v) is 1.92. The average molecular weight is 249 g/mol. The molecule has 18 heavy (non-hydrogen) atoms. The zero-order valence-electron chi connectivity index (χ0n) is 11.8. The lowest BCUT2D eigenvalue weighted by atomic mass is 10.1. The van der Waals surface area contributed by atoms with Crippen molar-refractivity contribution in [2.45, 2.75) is 34.3 Å². The molecule has 0 unspecified atom stereocenters. The van der Waals surface area contributed by atoms with Gasteiger partial charge in [0.05, 0.1) is 6.61 Å². The van der Waals surface area contributed by atoms with Gasteiger partial charge in [0, 0.05) is 13.1 Å². The summed E-state index contributed by atoms with van der Waals surface area (Å²) in [5, 5.41) is 0. The van der Waals surface area contributed by atoms with Gasteiger partial charge in [0.2, 0.25) is 5.91 Å². The second kappa shape index (κ2) is 7.17. The molecule has 0 radical (unpaired) electrons. The predicted octanol–water partition coefficient (Wildman–Crippen LogP) is 2.69. The summed E-state index contributed by atoms with van der Waals surface area (Å²) < 4.78 is 5.50. The lowest BCUT2D eigenvalue weighted by Crippen LogP contribution is -2.33. The normalized spacial score (nSPS) is 10.4. The van der Waals surface area contributed by atoms with Gasteiger partial charge in [0.1, 0.15) is 6.61 Å². The number of benzene rings is 1. The number of aryl methyl sites for hydroxylation is 2. The van der Waals surface area contributed by atoms with Gasteiger partial charge < -0.3 is 9.64 Å². The standard InChI is InChI=1S/C15H23NO2/c1-5-16(6-2)15(17)11-18-10-14-8-7-12(3)9-13(14)4/h7-9H,5-6,10-11H2,1-4H3. The van der Waals surface area contributed by atoms with Crippen LogP contribution in [-0.2, 0) is 16.1 Å². The van der Waals surface area contributed by atoms with E-state index in [-0.39, 0.29) is 12.5 Å². The number of hydrogen-bond donors (Lipinski definition) is 0. The average Bonchev–Trinajstić information content (AvgIpc) is 2.33. The van der Waals surface area contributed by atoms with Gasteiger partial charge in [-0.05, 0) is 38.8 Å². The molecular formula is C15H23NO2. The topological polar surface area (TPSA) is 29.5 Å². The molecule has 0 spiro atoms. The van der Waals surface area contributed by atoms with Crippen LogP contribution in [0, 0.1) is 13.8 Å². The van der Waals surface area contributed by atoms with E-state index in [9.17, 15) is 4.79 Å². The Labute approximate surface area is 110 Å². The summed E-state index contributed by atoms with van der Waals surface area (Å²) >= 11 is 0.